The average Bonchev–Trinajstić information content (AvgIpc) is 2.31. The smallest absolute Gasteiger partial charge is 0.103 e. The van der Waals surface area contributed by atoms with Crippen molar-refractivity contribution in [3.8, 4) is 6.07 Å². The quantitative estimate of drug-likeness (QED) is 0.724. The van der Waals surface area contributed by atoms with Gasteiger partial charge in [0.05, 0.1) is 11.8 Å². The minimum atomic E-state index is -0.335. The van der Waals surface area contributed by atoms with Crippen LogP contribution in [0.5, 0.6) is 0 Å². The molecule has 0 saturated carbocycles. The summed E-state index contributed by atoms with van der Waals surface area (Å²) in [6, 6.07) is 12.0. The van der Waals surface area contributed by atoms with E-state index in [4.69, 9.17) is 16.9 Å². The molecule has 0 fully saturated rings. The second-order valence-corrected chi connectivity index (χ2v) is 3.56. The number of benzene rings is 1. The van der Waals surface area contributed by atoms with Crippen molar-refractivity contribution in [3.63, 3.8) is 0 Å². The van der Waals surface area contributed by atoms with Gasteiger partial charge in [-0.1, -0.05) is 24.3 Å². The Kier molecular flexibility index (Phi) is 2.84. The first kappa shape index (κ1) is 9.95. The van der Waals surface area contributed by atoms with Crippen LogP contribution in [-0.2, 0) is 0 Å². The highest BCUT2D eigenvalue weighted by atomic mass is 35.5. The molecule has 0 aliphatic rings. The number of fused-ring (bicyclic) bond motifs is 1. The minimum Gasteiger partial charge on any atom is -0.259 e. The Hall–Kier alpha value is -1.59. The van der Waals surface area contributed by atoms with E-state index in [1.165, 1.54) is 0 Å². The zero-order valence-corrected chi connectivity index (χ0v) is 8.78. The molecule has 15 heavy (non-hydrogen) atoms. The van der Waals surface area contributed by atoms with Crippen LogP contribution in [0.2, 0.25) is 0 Å². The van der Waals surface area contributed by atoms with Crippen molar-refractivity contribution in [2.45, 2.75) is 5.92 Å². The Balaban J connectivity index is 2.66. The Morgan fingerprint density at radius 3 is 2.87 bits per heavy atom. The predicted octanol–water partition coefficient (Wildman–Crippen LogP) is 3.08. The molecule has 0 radical (unpaired) electrons. The number of pyridine rings is 1. The van der Waals surface area contributed by atoms with E-state index < -0.39 is 0 Å². The zero-order chi connectivity index (χ0) is 10.7. The summed E-state index contributed by atoms with van der Waals surface area (Å²) < 4.78 is 0. The van der Waals surface area contributed by atoms with Crippen molar-refractivity contribution >= 4 is 22.4 Å². The van der Waals surface area contributed by atoms with Crippen LogP contribution < -0.4 is 0 Å². The number of rotatable bonds is 2. The second-order valence-electron chi connectivity index (χ2n) is 3.25. The summed E-state index contributed by atoms with van der Waals surface area (Å²) in [5.41, 5.74) is 0.769. The largest absolute Gasteiger partial charge is 0.259 e. The fraction of sp³-hybridized carbons (Fsp3) is 0.167. The van der Waals surface area contributed by atoms with E-state index >= 15 is 0 Å². The molecule has 0 aliphatic carbocycles. The van der Waals surface area contributed by atoms with Crippen LogP contribution >= 0.6 is 11.6 Å². The molecular formula is C12H9ClN2. The maximum absolute atomic E-state index is 8.96. The minimum absolute atomic E-state index is 0.275. The van der Waals surface area contributed by atoms with Crippen LogP contribution in [0, 0.1) is 11.3 Å². The van der Waals surface area contributed by atoms with Crippen LogP contribution in [0.25, 0.3) is 10.8 Å². The number of aromatic nitrogens is 1. The van der Waals surface area contributed by atoms with E-state index in [9.17, 15) is 0 Å². The molecule has 74 valence electrons. The molecule has 0 saturated heterocycles. The molecule has 1 heterocycles. The van der Waals surface area contributed by atoms with E-state index in [-0.39, 0.29) is 11.8 Å². The van der Waals surface area contributed by atoms with Crippen LogP contribution in [0.1, 0.15) is 11.6 Å². The summed E-state index contributed by atoms with van der Waals surface area (Å²) >= 11 is 5.74. The number of hydrogen-bond acceptors (Lipinski definition) is 2. The third-order valence-corrected chi connectivity index (χ3v) is 2.65. The van der Waals surface area contributed by atoms with E-state index in [1.54, 1.807) is 6.20 Å². The summed E-state index contributed by atoms with van der Waals surface area (Å²) in [6.45, 7) is 0. The maximum atomic E-state index is 8.96. The predicted molar refractivity (Wildman–Crippen MR) is 60.8 cm³/mol. The van der Waals surface area contributed by atoms with Crippen LogP contribution in [-0.4, -0.2) is 10.9 Å². The summed E-state index contributed by atoms with van der Waals surface area (Å²) in [5, 5.41) is 11.1. The van der Waals surface area contributed by atoms with Gasteiger partial charge in [0.2, 0.25) is 0 Å². The molecule has 1 aromatic heterocycles. The normalized spacial score (nSPS) is 12.3. The van der Waals surface area contributed by atoms with Gasteiger partial charge in [0, 0.05) is 17.5 Å². The van der Waals surface area contributed by atoms with Gasteiger partial charge in [-0.05, 0) is 11.5 Å². The molecule has 0 N–H and O–H groups in total. The van der Waals surface area contributed by atoms with Crippen molar-refractivity contribution in [3.05, 3.63) is 42.2 Å². The SMILES string of the molecule is N#CC(CCl)c1nccc2ccccc12. The van der Waals surface area contributed by atoms with E-state index in [0.29, 0.717) is 0 Å². The number of nitrogens with zero attached hydrogens (tertiary/aromatic N) is 2. The molecule has 2 rings (SSSR count). The molecule has 2 nitrogen and oxygen atoms in total. The summed E-state index contributed by atoms with van der Waals surface area (Å²) in [4.78, 5) is 4.24. The van der Waals surface area contributed by atoms with E-state index in [0.717, 1.165) is 16.5 Å². The number of halogens is 1. The fourth-order valence-corrected chi connectivity index (χ4v) is 1.80. The summed E-state index contributed by atoms with van der Waals surface area (Å²) in [5.74, 6) is -0.0601. The Bertz CT molecular complexity index is 511. The summed E-state index contributed by atoms with van der Waals surface area (Å²) in [6.07, 6.45) is 1.72. The molecular weight excluding hydrogens is 208 g/mol. The van der Waals surface area contributed by atoms with Crippen LogP contribution in [0.4, 0.5) is 0 Å². The van der Waals surface area contributed by atoms with Gasteiger partial charge in [-0.15, -0.1) is 11.6 Å². The Morgan fingerprint density at radius 1 is 1.33 bits per heavy atom. The number of alkyl halides is 1. The van der Waals surface area contributed by atoms with Gasteiger partial charge in [-0.2, -0.15) is 5.26 Å². The first-order valence-corrected chi connectivity index (χ1v) is 5.19. The standard InChI is InChI=1S/C12H9ClN2/c13-7-10(8-14)12-11-4-2-1-3-9(11)5-6-15-12/h1-6,10H,7H2. The number of nitriles is 1. The first-order chi connectivity index (χ1) is 7.36. The van der Waals surface area contributed by atoms with Gasteiger partial charge in [-0.3, -0.25) is 4.98 Å². The van der Waals surface area contributed by atoms with Crippen LogP contribution in [0.3, 0.4) is 0 Å². The van der Waals surface area contributed by atoms with Gasteiger partial charge >= 0.3 is 0 Å². The lowest BCUT2D eigenvalue weighted by Crippen LogP contribution is -2.01. The molecule has 2 aromatic rings. The third-order valence-electron chi connectivity index (χ3n) is 2.34. The van der Waals surface area contributed by atoms with Gasteiger partial charge in [0.15, 0.2) is 0 Å². The Morgan fingerprint density at radius 2 is 2.13 bits per heavy atom. The molecule has 0 spiro atoms. The molecule has 1 unspecified atom stereocenters. The lowest BCUT2D eigenvalue weighted by molar-refractivity contribution is 0.943. The van der Waals surface area contributed by atoms with Crippen LogP contribution in [0.15, 0.2) is 36.5 Å². The highest BCUT2D eigenvalue weighted by Crippen LogP contribution is 2.23. The third kappa shape index (κ3) is 1.79. The second kappa shape index (κ2) is 4.29. The zero-order valence-electron chi connectivity index (χ0n) is 8.02. The molecule has 3 heteroatoms. The molecule has 1 aromatic carbocycles. The van der Waals surface area contributed by atoms with Gasteiger partial charge in [0.25, 0.3) is 0 Å². The van der Waals surface area contributed by atoms with Crippen molar-refractivity contribution in [1.29, 1.82) is 5.26 Å². The monoisotopic (exact) mass is 216 g/mol. The number of hydrogen-bond donors (Lipinski definition) is 0. The van der Waals surface area contributed by atoms with Crippen molar-refractivity contribution < 1.29 is 0 Å². The van der Waals surface area contributed by atoms with Crippen molar-refractivity contribution in [1.82, 2.24) is 4.98 Å². The van der Waals surface area contributed by atoms with Gasteiger partial charge in [-0.25, -0.2) is 0 Å². The van der Waals surface area contributed by atoms with Crippen molar-refractivity contribution in [2.75, 3.05) is 5.88 Å². The van der Waals surface area contributed by atoms with Gasteiger partial charge in [0.1, 0.15) is 5.92 Å². The topological polar surface area (TPSA) is 36.7 Å². The average molecular weight is 217 g/mol. The van der Waals surface area contributed by atoms with Crippen molar-refractivity contribution in [2.24, 2.45) is 0 Å². The molecule has 0 amide bonds. The lowest BCUT2D eigenvalue weighted by atomic mass is 10.0. The lowest BCUT2D eigenvalue weighted by Gasteiger charge is -2.07. The fourth-order valence-electron chi connectivity index (χ4n) is 1.59. The molecule has 0 aliphatic heterocycles. The highest BCUT2D eigenvalue weighted by molar-refractivity contribution is 6.18. The highest BCUT2D eigenvalue weighted by Gasteiger charge is 2.13. The summed E-state index contributed by atoms with van der Waals surface area (Å²) in [7, 11) is 0. The first-order valence-electron chi connectivity index (χ1n) is 4.66. The Labute approximate surface area is 93.1 Å². The maximum Gasteiger partial charge on any atom is 0.103 e. The molecule has 1 atom stereocenters. The van der Waals surface area contributed by atoms with Gasteiger partial charge < -0.3 is 0 Å². The van der Waals surface area contributed by atoms with E-state index in [2.05, 4.69) is 11.1 Å². The molecule has 0 bridgehead atoms. The van der Waals surface area contributed by atoms with E-state index in [1.807, 2.05) is 30.3 Å².